The molecule has 2 nitrogen and oxygen atoms in total. The summed E-state index contributed by atoms with van der Waals surface area (Å²) in [7, 11) is 0. The van der Waals surface area contributed by atoms with E-state index >= 15 is 0 Å². The van der Waals surface area contributed by atoms with Gasteiger partial charge >= 0.3 is 0 Å². The highest BCUT2D eigenvalue weighted by Crippen LogP contribution is 2.24. The van der Waals surface area contributed by atoms with Gasteiger partial charge in [-0.05, 0) is 36.8 Å². The zero-order valence-electron chi connectivity index (χ0n) is 7.38. The van der Waals surface area contributed by atoms with Crippen LogP contribution in [-0.2, 0) is 12.8 Å². The molecule has 1 aromatic rings. The van der Waals surface area contributed by atoms with Crippen LogP contribution in [0, 0.1) is 5.92 Å². The predicted octanol–water partition coefficient (Wildman–Crippen LogP) is 1.79. The molecule has 2 heteroatoms. The second kappa shape index (κ2) is 2.77. The van der Waals surface area contributed by atoms with E-state index in [4.69, 9.17) is 5.73 Å². The number of nitrogens with zero attached hydrogens (tertiary/aromatic N) is 1. The Bertz CT molecular complexity index is 294. The van der Waals surface area contributed by atoms with E-state index in [0.717, 1.165) is 24.4 Å². The molecular weight excluding hydrogens is 148 g/mol. The molecule has 0 fully saturated rings. The van der Waals surface area contributed by atoms with Crippen LogP contribution in [0.25, 0.3) is 0 Å². The summed E-state index contributed by atoms with van der Waals surface area (Å²) in [5, 5.41) is 0. The number of anilines is 1. The summed E-state index contributed by atoms with van der Waals surface area (Å²) in [6, 6.07) is 2.07. The first-order chi connectivity index (χ1) is 5.75. The fraction of sp³-hybridized carbons (Fsp3) is 0.500. The molecule has 0 aliphatic heterocycles. The van der Waals surface area contributed by atoms with Gasteiger partial charge in [-0.25, -0.2) is 0 Å². The fourth-order valence-electron chi connectivity index (χ4n) is 1.82. The Balaban J connectivity index is 2.37. The molecule has 12 heavy (non-hydrogen) atoms. The highest BCUT2D eigenvalue weighted by molar-refractivity contribution is 5.41. The van der Waals surface area contributed by atoms with Crippen molar-refractivity contribution in [2.75, 3.05) is 5.73 Å². The molecule has 64 valence electrons. The van der Waals surface area contributed by atoms with Gasteiger partial charge in [0.2, 0.25) is 0 Å². The van der Waals surface area contributed by atoms with Crippen molar-refractivity contribution in [3.8, 4) is 0 Å². The van der Waals surface area contributed by atoms with E-state index in [1.807, 2.05) is 0 Å². The third kappa shape index (κ3) is 1.29. The third-order valence-corrected chi connectivity index (χ3v) is 2.52. The van der Waals surface area contributed by atoms with Crippen molar-refractivity contribution in [3.63, 3.8) is 0 Å². The van der Waals surface area contributed by atoms with Crippen molar-refractivity contribution in [1.29, 1.82) is 0 Å². The SMILES string of the molecule is CC1CCc2ncc(N)cc2C1. The highest BCUT2D eigenvalue weighted by atomic mass is 14.7. The van der Waals surface area contributed by atoms with Crippen LogP contribution in [-0.4, -0.2) is 4.98 Å². The molecule has 1 aliphatic carbocycles. The average molecular weight is 162 g/mol. The minimum Gasteiger partial charge on any atom is -0.397 e. The normalized spacial score (nSPS) is 21.9. The Morgan fingerprint density at radius 3 is 3.25 bits per heavy atom. The van der Waals surface area contributed by atoms with E-state index in [1.54, 1.807) is 6.20 Å². The molecule has 1 unspecified atom stereocenters. The number of pyridine rings is 1. The molecule has 0 amide bonds. The van der Waals surface area contributed by atoms with Gasteiger partial charge in [-0.1, -0.05) is 6.92 Å². The number of aryl methyl sites for hydroxylation is 1. The second-order valence-corrected chi connectivity index (χ2v) is 3.72. The van der Waals surface area contributed by atoms with Gasteiger partial charge in [0.25, 0.3) is 0 Å². The van der Waals surface area contributed by atoms with Crippen molar-refractivity contribution in [1.82, 2.24) is 4.98 Å². The van der Waals surface area contributed by atoms with E-state index in [1.165, 1.54) is 17.7 Å². The van der Waals surface area contributed by atoms with E-state index < -0.39 is 0 Å². The van der Waals surface area contributed by atoms with Gasteiger partial charge in [0.15, 0.2) is 0 Å². The summed E-state index contributed by atoms with van der Waals surface area (Å²) in [5.74, 6) is 0.793. The van der Waals surface area contributed by atoms with E-state index in [9.17, 15) is 0 Å². The number of fused-ring (bicyclic) bond motifs is 1. The van der Waals surface area contributed by atoms with Crippen molar-refractivity contribution in [2.24, 2.45) is 5.92 Å². The van der Waals surface area contributed by atoms with Gasteiger partial charge in [-0.15, -0.1) is 0 Å². The van der Waals surface area contributed by atoms with Crippen molar-refractivity contribution < 1.29 is 0 Å². The Kier molecular flexibility index (Phi) is 1.75. The molecule has 2 N–H and O–H groups in total. The lowest BCUT2D eigenvalue weighted by Crippen LogP contribution is -2.13. The average Bonchev–Trinajstić information content (AvgIpc) is 2.03. The number of hydrogen-bond donors (Lipinski definition) is 1. The van der Waals surface area contributed by atoms with Gasteiger partial charge in [-0.2, -0.15) is 0 Å². The van der Waals surface area contributed by atoms with E-state index in [0.29, 0.717) is 0 Å². The van der Waals surface area contributed by atoms with Crippen LogP contribution < -0.4 is 5.73 Å². The first-order valence-corrected chi connectivity index (χ1v) is 4.49. The maximum absolute atomic E-state index is 5.66. The van der Waals surface area contributed by atoms with Crippen LogP contribution in [0.15, 0.2) is 12.3 Å². The Morgan fingerprint density at radius 1 is 1.58 bits per heavy atom. The van der Waals surface area contributed by atoms with Gasteiger partial charge < -0.3 is 5.73 Å². The molecular formula is C10H14N2. The molecule has 1 atom stereocenters. The van der Waals surface area contributed by atoms with Crippen molar-refractivity contribution >= 4 is 5.69 Å². The topological polar surface area (TPSA) is 38.9 Å². The first kappa shape index (κ1) is 7.59. The first-order valence-electron chi connectivity index (χ1n) is 4.49. The fourth-order valence-corrected chi connectivity index (χ4v) is 1.82. The van der Waals surface area contributed by atoms with Gasteiger partial charge in [0.05, 0.1) is 11.9 Å². The predicted molar refractivity (Wildman–Crippen MR) is 49.8 cm³/mol. The zero-order chi connectivity index (χ0) is 8.55. The van der Waals surface area contributed by atoms with Gasteiger partial charge in [0.1, 0.15) is 0 Å². The number of aromatic nitrogens is 1. The smallest absolute Gasteiger partial charge is 0.0503 e. The summed E-state index contributed by atoms with van der Waals surface area (Å²) in [5.41, 5.74) is 9.07. The summed E-state index contributed by atoms with van der Waals surface area (Å²) >= 11 is 0. The molecule has 0 spiro atoms. The quantitative estimate of drug-likeness (QED) is 0.631. The summed E-state index contributed by atoms with van der Waals surface area (Å²) in [6.07, 6.45) is 5.29. The summed E-state index contributed by atoms with van der Waals surface area (Å²) in [6.45, 7) is 2.28. The standard InChI is InChI=1S/C10H14N2/c1-7-2-3-10-8(4-7)5-9(11)6-12-10/h5-7H,2-4,11H2,1H3. The molecule has 0 saturated carbocycles. The van der Waals surface area contributed by atoms with Crippen LogP contribution in [0.5, 0.6) is 0 Å². The second-order valence-electron chi connectivity index (χ2n) is 3.72. The summed E-state index contributed by atoms with van der Waals surface area (Å²) in [4.78, 5) is 4.33. The molecule has 0 radical (unpaired) electrons. The molecule has 1 aliphatic rings. The van der Waals surface area contributed by atoms with Crippen LogP contribution in [0.3, 0.4) is 0 Å². The zero-order valence-corrected chi connectivity index (χ0v) is 7.38. The number of rotatable bonds is 0. The van der Waals surface area contributed by atoms with E-state index in [-0.39, 0.29) is 0 Å². The van der Waals surface area contributed by atoms with Crippen molar-refractivity contribution in [3.05, 3.63) is 23.5 Å². The monoisotopic (exact) mass is 162 g/mol. The lowest BCUT2D eigenvalue weighted by molar-refractivity contribution is 0.494. The van der Waals surface area contributed by atoms with Crippen LogP contribution in [0.4, 0.5) is 5.69 Å². The minimum absolute atomic E-state index is 0.793. The molecule has 0 saturated heterocycles. The Hall–Kier alpha value is -1.05. The number of nitrogens with two attached hydrogens (primary N) is 1. The minimum atomic E-state index is 0.793. The van der Waals surface area contributed by atoms with Crippen LogP contribution >= 0.6 is 0 Å². The molecule has 0 bridgehead atoms. The number of nitrogen functional groups attached to an aromatic ring is 1. The lowest BCUT2D eigenvalue weighted by atomic mass is 9.88. The maximum Gasteiger partial charge on any atom is 0.0503 e. The largest absolute Gasteiger partial charge is 0.397 e. The highest BCUT2D eigenvalue weighted by Gasteiger charge is 2.15. The molecule has 0 aromatic carbocycles. The lowest BCUT2D eigenvalue weighted by Gasteiger charge is -2.20. The van der Waals surface area contributed by atoms with Gasteiger partial charge in [0, 0.05) is 5.69 Å². The molecule has 2 rings (SSSR count). The van der Waals surface area contributed by atoms with Crippen LogP contribution in [0.2, 0.25) is 0 Å². The molecule has 1 aromatic heterocycles. The Labute approximate surface area is 72.8 Å². The van der Waals surface area contributed by atoms with E-state index in [2.05, 4.69) is 18.0 Å². The van der Waals surface area contributed by atoms with Crippen molar-refractivity contribution in [2.45, 2.75) is 26.2 Å². The summed E-state index contributed by atoms with van der Waals surface area (Å²) < 4.78 is 0. The Morgan fingerprint density at radius 2 is 2.42 bits per heavy atom. The van der Waals surface area contributed by atoms with Gasteiger partial charge in [-0.3, -0.25) is 4.98 Å². The maximum atomic E-state index is 5.66. The van der Waals surface area contributed by atoms with Crippen LogP contribution in [0.1, 0.15) is 24.6 Å². The molecule has 1 heterocycles. The third-order valence-electron chi connectivity index (χ3n) is 2.52. The number of hydrogen-bond acceptors (Lipinski definition) is 2.